The van der Waals surface area contributed by atoms with E-state index in [0.29, 0.717) is 5.03 Å². The molecule has 0 atom stereocenters. The molecule has 0 spiro atoms. The molecule has 0 N–H and O–H groups in total. The summed E-state index contributed by atoms with van der Waals surface area (Å²) in [6.07, 6.45) is 9.75. The van der Waals surface area contributed by atoms with Crippen molar-refractivity contribution >= 4 is 72.9 Å². The minimum absolute atomic E-state index is 0.715. The van der Waals surface area contributed by atoms with Crippen LogP contribution in [0.4, 0.5) is 17.1 Å². The molecule has 6 rings (SSSR count). The average Bonchev–Trinajstić information content (AvgIpc) is 3.52. The van der Waals surface area contributed by atoms with Gasteiger partial charge < -0.3 is 0 Å². The summed E-state index contributed by atoms with van der Waals surface area (Å²) in [4.78, 5) is 10.9. The van der Waals surface area contributed by atoms with Gasteiger partial charge in [0.2, 0.25) is 0 Å². The molecule has 38 heavy (non-hydrogen) atoms. The summed E-state index contributed by atoms with van der Waals surface area (Å²) in [6.45, 7) is 13.1. The quantitative estimate of drug-likeness (QED) is 0.215. The molecule has 2 aromatic carbocycles. The van der Waals surface area contributed by atoms with Crippen molar-refractivity contribution in [2.24, 2.45) is 7.05 Å². The SMILES string of the molecule is C=C1c2sc(C(=C/C)/C(Cl)=C\C)cc2N(c2ccc3cn(C)nc3c2)C(=C)N1c1cncc2ccccc12. The largest absolute Gasteiger partial charge is 0.295 e. The number of anilines is 3. The fourth-order valence-electron chi connectivity index (χ4n) is 5.06. The first-order valence-electron chi connectivity index (χ1n) is 12.3. The van der Waals surface area contributed by atoms with Gasteiger partial charge in [-0.05, 0) is 38.1 Å². The molecule has 4 heterocycles. The fourth-order valence-corrected chi connectivity index (χ4v) is 6.51. The summed E-state index contributed by atoms with van der Waals surface area (Å²) in [5.74, 6) is 0.763. The Morgan fingerprint density at radius 3 is 2.55 bits per heavy atom. The van der Waals surface area contributed by atoms with E-state index in [2.05, 4.69) is 69.4 Å². The van der Waals surface area contributed by atoms with E-state index in [1.807, 2.05) is 68.5 Å². The number of halogens is 1. The summed E-state index contributed by atoms with van der Waals surface area (Å²) in [5.41, 5.74) is 5.67. The van der Waals surface area contributed by atoms with E-state index in [0.717, 1.165) is 65.6 Å². The lowest BCUT2D eigenvalue weighted by Gasteiger charge is -2.41. The van der Waals surface area contributed by atoms with Crippen molar-refractivity contribution < 1.29 is 0 Å². The first-order valence-corrected chi connectivity index (χ1v) is 13.5. The van der Waals surface area contributed by atoms with E-state index >= 15 is 0 Å². The highest BCUT2D eigenvalue weighted by molar-refractivity contribution is 7.15. The number of benzene rings is 2. The summed E-state index contributed by atoms with van der Waals surface area (Å²) in [6, 6.07) is 16.7. The Kier molecular flexibility index (Phi) is 5.94. The lowest BCUT2D eigenvalue weighted by molar-refractivity contribution is 0.779. The number of aryl methyl sites for hydroxylation is 1. The highest BCUT2D eigenvalue weighted by Gasteiger charge is 2.34. The maximum absolute atomic E-state index is 6.62. The van der Waals surface area contributed by atoms with E-state index < -0.39 is 0 Å². The molecule has 0 unspecified atom stereocenters. The monoisotopic (exact) mass is 535 g/mol. The molecule has 5 nitrogen and oxygen atoms in total. The van der Waals surface area contributed by atoms with Crippen molar-refractivity contribution in [1.82, 2.24) is 14.8 Å². The van der Waals surface area contributed by atoms with Crippen molar-refractivity contribution in [3.63, 3.8) is 0 Å². The van der Waals surface area contributed by atoms with Crippen LogP contribution in [0, 0.1) is 0 Å². The van der Waals surface area contributed by atoms with Crippen molar-refractivity contribution in [1.29, 1.82) is 0 Å². The van der Waals surface area contributed by atoms with Gasteiger partial charge in [0.05, 0.1) is 33.7 Å². The van der Waals surface area contributed by atoms with Crippen LogP contribution >= 0.6 is 22.9 Å². The van der Waals surface area contributed by atoms with Crippen molar-refractivity contribution in [3.8, 4) is 0 Å². The van der Waals surface area contributed by atoms with Gasteiger partial charge in [0.15, 0.2) is 0 Å². The molecule has 188 valence electrons. The third-order valence-electron chi connectivity index (χ3n) is 6.82. The molecule has 1 aliphatic rings. The molecule has 0 bridgehead atoms. The second kappa shape index (κ2) is 9.31. The topological polar surface area (TPSA) is 37.2 Å². The van der Waals surface area contributed by atoms with Crippen LogP contribution in [0.5, 0.6) is 0 Å². The minimum Gasteiger partial charge on any atom is -0.295 e. The first kappa shape index (κ1) is 24.2. The van der Waals surface area contributed by atoms with E-state index in [9.17, 15) is 0 Å². The predicted molar refractivity (Wildman–Crippen MR) is 163 cm³/mol. The molecule has 3 aromatic heterocycles. The predicted octanol–water partition coefficient (Wildman–Crippen LogP) is 8.83. The second-order valence-corrected chi connectivity index (χ2v) is 10.6. The van der Waals surface area contributed by atoms with E-state index in [1.54, 1.807) is 11.3 Å². The van der Waals surface area contributed by atoms with Crippen LogP contribution in [-0.2, 0) is 7.05 Å². The van der Waals surface area contributed by atoms with E-state index in [-0.39, 0.29) is 0 Å². The van der Waals surface area contributed by atoms with Gasteiger partial charge in [0, 0.05) is 56.8 Å². The Labute approximate surface area is 230 Å². The molecule has 0 aliphatic carbocycles. The Bertz CT molecular complexity index is 1820. The second-order valence-electron chi connectivity index (χ2n) is 9.12. The van der Waals surface area contributed by atoms with Gasteiger partial charge in [-0.3, -0.25) is 19.5 Å². The van der Waals surface area contributed by atoms with Crippen LogP contribution in [0.2, 0.25) is 0 Å². The van der Waals surface area contributed by atoms with Crippen LogP contribution in [-0.4, -0.2) is 14.8 Å². The molecule has 7 heteroatoms. The number of allylic oxidation sites excluding steroid dienone is 4. The van der Waals surface area contributed by atoms with Crippen LogP contribution < -0.4 is 9.80 Å². The number of pyridine rings is 1. The lowest BCUT2D eigenvalue weighted by atomic mass is 10.1. The Morgan fingerprint density at radius 2 is 1.76 bits per heavy atom. The van der Waals surface area contributed by atoms with E-state index in [1.165, 1.54) is 0 Å². The zero-order valence-corrected chi connectivity index (χ0v) is 23.0. The van der Waals surface area contributed by atoms with E-state index in [4.69, 9.17) is 11.6 Å². The third kappa shape index (κ3) is 3.76. The molecule has 0 saturated heterocycles. The maximum Gasteiger partial charge on any atom is 0.115 e. The summed E-state index contributed by atoms with van der Waals surface area (Å²) in [7, 11) is 1.94. The molecular formula is C31H26ClN5S. The number of hydrogen-bond donors (Lipinski definition) is 0. The zero-order chi connectivity index (χ0) is 26.6. The summed E-state index contributed by atoms with van der Waals surface area (Å²) in [5, 5.41) is 8.59. The number of nitrogens with zero attached hydrogens (tertiary/aromatic N) is 5. The zero-order valence-electron chi connectivity index (χ0n) is 21.4. The van der Waals surface area contributed by atoms with Gasteiger partial charge >= 0.3 is 0 Å². The summed E-state index contributed by atoms with van der Waals surface area (Å²) >= 11 is 8.30. The van der Waals surface area contributed by atoms with Gasteiger partial charge in [-0.1, -0.05) is 61.2 Å². The Morgan fingerprint density at radius 1 is 0.947 bits per heavy atom. The van der Waals surface area contributed by atoms with Gasteiger partial charge in [0.25, 0.3) is 0 Å². The number of hydrogen-bond acceptors (Lipinski definition) is 5. The van der Waals surface area contributed by atoms with Gasteiger partial charge in [-0.15, -0.1) is 11.3 Å². The summed E-state index contributed by atoms with van der Waals surface area (Å²) < 4.78 is 1.83. The minimum atomic E-state index is 0.715. The van der Waals surface area contributed by atoms with Gasteiger partial charge in [0.1, 0.15) is 5.82 Å². The molecule has 1 aliphatic heterocycles. The van der Waals surface area contributed by atoms with Crippen molar-refractivity contribution in [2.75, 3.05) is 9.80 Å². The lowest BCUT2D eigenvalue weighted by Crippen LogP contribution is -2.35. The molecule has 0 fully saturated rings. The normalized spacial score (nSPS) is 14.6. The highest BCUT2D eigenvalue weighted by Crippen LogP contribution is 2.51. The third-order valence-corrected chi connectivity index (χ3v) is 8.45. The highest BCUT2D eigenvalue weighted by atomic mass is 35.5. The molecule has 0 saturated carbocycles. The molecule has 0 amide bonds. The number of rotatable bonds is 4. The molecular weight excluding hydrogens is 510 g/mol. The van der Waals surface area contributed by atoms with Crippen molar-refractivity contribution in [2.45, 2.75) is 13.8 Å². The molecule has 5 aromatic rings. The standard InChI is InChI=1S/C31H26ClN5S/c1-6-24(26(32)7-2)30-15-28-31(38-30)19(3)36(29-17-33-16-21-10-8-9-11-25(21)29)20(4)37(28)23-13-12-22-18-35(5)34-27(22)14-23/h6-18H,3-4H2,1-2,5H3/b24-6+,26-7+. The molecule has 0 radical (unpaired) electrons. The first-order chi connectivity index (χ1) is 18.4. The van der Waals surface area contributed by atoms with Crippen molar-refractivity contribution in [3.05, 3.63) is 113 Å². The average molecular weight is 536 g/mol. The smallest absolute Gasteiger partial charge is 0.115 e. The van der Waals surface area contributed by atoms with Crippen LogP contribution in [0.15, 0.2) is 103 Å². The number of thiophene rings is 1. The van der Waals surface area contributed by atoms with Gasteiger partial charge in [-0.2, -0.15) is 5.10 Å². The van der Waals surface area contributed by atoms with Gasteiger partial charge in [-0.25, -0.2) is 0 Å². The number of fused-ring (bicyclic) bond motifs is 3. The van der Waals surface area contributed by atoms with Crippen LogP contribution in [0.25, 0.3) is 32.9 Å². The van der Waals surface area contributed by atoms with Crippen LogP contribution in [0.3, 0.4) is 0 Å². The Balaban J connectivity index is 1.60. The van der Waals surface area contributed by atoms with Crippen LogP contribution in [0.1, 0.15) is 23.6 Å². The number of aromatic nitrogens is 3. The fraction of sp³-hybridized carbons (Fsp3) is 0.0968. The Hall–Kier alpha value is -4.13. The maximum atomic E-state index is 6.62.